The van der Waals surface area contributed by atoms with E-state index in [4.69, 9.17) is 9.47 Å². The quantitative estimate of drug-likeness (QED) is 0.679. The van der Waals surface area contributed by atoms with Crippen molar-refractivity contribution in [1.29, 1.82) is 0 Å². The summed E-state index contributed by atoms with van der Waals surface area (Å²) in [6.07, 6.45) is -0.833. The molecular formula is C16H12O3S. The Balaban J connectivity index is 1.69. The first-order valence-corrected chi connectivity index (χ1v) is 6.94. The SMILES string of the molecule is OC(C#CSc1ccccc1)c1ccc2c(c1)OCO2. The van der Waals surface area contributed by atoms with Crippen molar-refractivity contribution in [3.63, 3.8) is 0 Å². The van der Waals surface area contributed by atoms with Crippen LogP contribution in [0.15, 0.2) is 53.4 Å². The molecule has 1 heterocycles. The van der Waals surface area contributed by atoms with Crippen LogP contribution in [-0.4, -0.2) is 11.9 Å². The van der Waals surface area contributed by atoms with Crippen LogP contribution in [0.4, 0.5) is 0 Å². The molecule has 0 aliphatic carbocycles. The largest absolute Gasteiger partial charge is 0.454 e. The van der Waals surface area contributed by atoms with Crippen LogP contribution in [0.25, 0.3) is 0 Å². The molecule has 3 rings (SSSR count). The molecule has 2 aromatic carbocycles. The highest BCUT2D eigenvalue weighted by Crippen LogP contribution is 2.34. The molecule has 0 bridgehead atoms. The van der Waals surface area contributed by atoms with E-state index in [1.165, 1.54) is 11.8 Å². The molecule has 0 radical (unpaired) electrons. The van der Waals surface area contributed by atoms with Crippen molar-refractivity contribution in [2.24, 2.45) is 0 Å². The summed E-state index contributed by atoms with van der Waals surface area (Å²) < 4.78 is 10.5. The third kappa shape index (κ3) is 2.90. The first kappa shape index (κ1) is 12.9. The summed E-state index contributed by atoms with van der Waals surface area (Å²) >= 11 is 1.39. The average Bonchev–Trinajstić information content (AvgIpc) is 2.95. The van der Waals surface area contributed by atoms with E-state index in [9.17, 15) is 5.11 Å². The second-order valence-corrected chi connectivity index (χ2v) is 5.06. The molecule has 100 valence electrons. The number of fused-ring (bicyclic) bond motifs is 1. The van der Waals surface area contributed by atoms with Crippen LogP contribution in [0.1, 0.15) is 11.7 Å². The zero-order valence-electron chi connectivity index (χ0n) is 10.6. The molecule has 0 fully saturated rings. The number of aliphatic hydroxyl groups excluding tert-OH is 1. The van der Waals surface area contributed by atoms with Crippen molar-refractivity contribution in [2.75, 3.05) is 6.79 Å². The van der Waals surface area contributed by atoms with E-state index in [1.54, 1.807) is 18.2 Å². The molecule has 20 heavy (non-hydrogen) atoms. The van der Waals surface area contributed by atoms with E-state index in [1.807, 2.05) is 30.3 Å². The maximum atomic E-state index is 10.0. The van der Waals surface area contributed by atoms with Gasteiger partial charge in [0.25, 0.3) is 0 Å². The standard InChI is InChI=1S/C16H12O3S/c17-14(8-9-20-13-4-2-1-3-5-13)12-6-7-15-16(10-12)19-11-18-15/h1-7,10,14,17H,11H2. The first-order valence-electron chi connectivity index (χ1n) is 6.13. The summed E-state index contributed by atoms with van der Waals surface area (Å²) in [4.78, 5) is 1.05. The van der Waals surface area contributed by atoms with E-state index < -0.39 is 6.10 Å². The van der Waals surface area contributed by atoms with Crippen molar-refractivity contribution in [3.05, 3.63) is 54.1 Å². The van der Waals surface area contributed by atoms with E-state index in [2.05, 4.69) is 11.2 Å². The zero-order chi connectivity index (χ0) is 13.8. The maximum Gasteiger partial charge on any atom is 0.231 e. The fraction of sp³-hybridized carbons (Fsp3) is 0.125. The van der Waals surface area contributed by atoms with Crippen molar-refractivity contribution in [2.45, 2.75) is 11.0 Å². The number of ether oxygens (including phenoxy) is 2. The summed E-state index contributed by atoms with van der Waals surface area (Å²) in [5.41, 5.74) is 0.704. The van der Waals surface area contributed by atoms with Gasteiger partial charge < -0.3 is 14.6 Å². The number of benzene rings is 2. The predicted molar refractivity (Wildman–Crippen MR) is 77.6 cm³/mol. The fourth-order valence-corrected chi connectivity index (χ4v) is 2.38. The molecular weight excluding hydrogens is 272 g/mol. The molecule has 0 saturated carbocycles. The van der Waals surface area contributed by atoms with E-state index in [0.29, 0.717) is 17.1 Å². The normalized spacial score (nSPS) is 13.4. The third-order valence-electron chi connectivity index (χ3n) is 2.82. The van der Waals surface area contributed by atoms with Gasteiger partial charge in [0.2, 0.25) is 6.79 Å². The molecule has 1 atom stereocenters. The van der Waals surface area contributed by atoms with Crippen molar-refractivity contribution in [3.8, 4) is 22.7 Å². The van der Waals surface area contributed by atoms with E-state index in [0.717, 1.165) is 4.90 Å². The highest BCUT2D eigenvalue weighted by Gasteiger charge is 2.15. The zero-order valence-corrected chi connectivity index (χ0v) is 11.4. The Morgan fingerprint density at radius 3 is 2.70 bits per heavy atom. The minimum absolute atomic E-state index is 0.227. The van der Waals surface area contributed by atoms with Crippen molar-refractivity contribution in [1.82, 2.24) is 0 Å². The van der Waals surface area contributed by atoms with Gasteiger partial charge in [0, 0.05) is 4.90 Å². The lowest BCUT2D eigenvalue weighted by Crippen LogP contribution is -1.94. The molecule has 0 amide bonds. The van der Waals surface area contributed by atoms with Crippen molar-refractivity contribution < 1.29 is 14.6 Å². The van der Waals surface area contributed by atoms with Crippen LogP contribution in [0, 0.1) is 11.2 Å². The van der Waals surface area contributed by atoms with Crippen LogP contribution in [0.5, 0.6) is 11.5 Å². The van der Waals surface area contributed by atoms with E-state index >= 15 is 0 Å². The number of aliphatic hydroxyl groups is 1. The number of rotatable bonds is 2. The Labute approximate surface area is 121 Å². The monoisotopic (exact) mass is 284 g/mol. The van der Waals surface area contributed by atoms with Crippen LogP contribution >= 0.6 is 11.8 Å². The molecule has 0 aromatic heterocycles. The molecule has 1 aliphatic rings. The maximum absolute atomic E-state index is 10.0. The third-order valence-corrected chi connectivity index (χ3v) is 3.55. The minimum Gasteiger partial charge on any atom is -0.454 e. The van der Waals surface area contributed by atoms with Crippen LogP contribution in [0.3, 0.4) is 0 Å². The Bertz CT molecular complexity index is 658. The van der Waals surface area contributed by atoms with E-state index in [-0.39, 0.29) is 6.79 Å². The van der Waals surface area contributed by atoms with Gasteiger partial charge >= 0.3 is 0 Å². The van der Waals surface area contributed by atoms with Gasteiger partial charge in [0.05, 0.1) is 0 Å². The topological polar surface area (TPSA) is 38.7 Å². The molecule has 0 saturated heterocycles. The number of hydrogen-bond acceptors (Lipinski definition) is 4. The van der Waals surface area contributed by atoms with Gasteiger partial charge in [0.15, 0.2) is 11.5 Å². The first-order chi connectivity index (χ1) is 9.83. The van der Waals surface area contributed by atoms with Crippen molar-refractivity contribution >= 4 is 11.8 Å². The van der Waals surface area contributed by atoms with Crippen LogP contribution in [0.2, 0.25) is 0 Å². The summed E-state index contributed by atoms with van der Waals surface area (Å²) in [6.45, 7) is 0.227. The Kier molecular flexibility index (Phi) is 3.82. The summed E-state index contributed by atoms with van der Waals surface area (Å²) in [7, 11) is 0. The lowest BCUT2D eigenvalue weighted by Gasteiger charge is -2.04. The fourth-order valence-electron chi connectivity index (χ4n) is 1.80. The lowest BCUT2D eigenvalue weighted by atomic mass is 10.1. The average molecular weight is 284 g/mol. The molecule has 3 nitrogen and oxygen atoms in total. The molecule has 4 heteroatoms. The second kappa shape index (κ2) is 5.91. The summed E-state index contributed by atoms with van der Waals surface area (Å²) in [5, 5.41) is 13.0. The Morgan fingerprint density at radius 1 is 1.05 bits per heavy atom. The summed E-state index contributed by atoms with van der Waals surface area (Å²) in [5.74, 6) is 4.16. The van der Waals surface area contributed by atoms with Gasteiger partial charge in [-0.15, -0.1) is 0 Å². The van der Waals surface area contributed by atoms with Gasteiger partial charge in [0.1, 0.15) is 6.10 Å². The molecule has 2 aromatic rings. The minimum atomic E-state index is -0.833. The smallest absolute Gasteiger partial charge is 0.231 e. The number of hydrogen-bond donors (Lipinski definition) is 1. The highest BCUT2D eigenvalue weighted by molar-refractivity contribution is 8.03. The van der Waals surface area contributed by atoms with Crippen LogP contribution < -0.4 is 9.47 Å². The van der Waals surface area contributed by atoms with Gasteiger partial charge in [-0.3, -0.25) is 0 Å². The molecule has 1 unspecified atom stereocenters. The van der Waals surface area contributed by atoms with Gasteiger partial charge in [-0.05, 0) is 46.8 Å². The Hall–Kier alpha value is -2.09. The van der Waals surface area contributed by atoms with Gasteiger partial charge in [-0.25, -0.2) is 0 Å². The second-order valence-electron chi connectivity index (χ2n) is 4.18. The predicted octanol–water partition coefficient (Wildman–Crippen LogP) is 3.20. The van der Waals surface area contributed by atoms with Crippen LogP contribution in [-0.2, 0) is 0 Å². The van der Waals surface area contributed by atoms with Gasteiger partial charge in [-0.2, -0.15) is 0 Å². The molecule has 1 aliphatic heterocycles. The Morgan fingerprint density at radius 2 is 1.85 bits per heavy atom. The highest BCUT2D eigenvalue weighted by atomic mass is 32.2. The lowest BCUT2D eigenvalue weighted by molar-refractivity contribution is 0.173. The molecule has 0 spiro atoms. The summed E-state index contributed by atoms with van der Waals surface area (Å²) in [6, 6.07) is 15.2. The number of thioether (sulfide) groups is 1. The van der Waals surface area contributed by atoms with Gasteiger partial charge in [-0.1, -0.05) is 30.2 Å². The molecule has 1 N–H and O–H groups in total.